The van der Waals surface area contributed by atoms with Crippen LogP contribution in [0.1, 0.15) is 16.7 Å². The molecule has 0 amide bonds. The molecule has 0 aliphatic heterocycles. The van der Waals surface area contributed by atoms with Gasteiger partial charge in [0.2, 0.25) is 0 Å². The van der Waals surface area contributed by atoms with Gasteiger partial charge in [0.25, 0.3) is 10.1 Å². The Balaban J connectivity index is 2.65. The fourth-order valence-electron chi connectivity index (χ4n) is 3.21. The molecule has 3 aromatic carbocycles. The topological polar surface area (TPSA) is 94.8 Å². The van der Waals surface area contributed by atoms with E-state index < -0.39 is 26.4 Å². The fraction of sp³-hybridized carbons (Fsp3) is 0.0526. The molecule has 3 aromatic rings. The van der Waals surface area contributed by atoms with Crippen molar-refractivity contribution in [1.29, 1.82) is 0 Å². The molecular weight excluding hydrogens is 482 g/mol. The van der Waals surface area contributed by atoms with Crippen LogP contribution in [0.15, 0.2) is 54.6 Å². The van der Waals surface area contributed by atoms with Crippen molar-refractivity contribution in [3.8, 4) is 11.5 Å². The molecule has 3 N–H and O–H groups in total. The summed E-state index contributed by atoms with van der Waals surface area (Å²) in [5.41, 5.74) is -0.530. The van der Waals surface area contributed by atoms with Crippen molar-refractivity contribution >= 4 is 56.5 Å². The standard InChI is InChI=1S/C19H12Cl4O5S/c20-11-4-1-3-10(7-11)19(29(26,27)28,13-5-2-6-16(25)18(13)23)14-8-12(24)9-15(21)17(14)22/h1-9,24-25H,(H,26,27,28). The average molecular weight is 494 g/mol. The average Bonchev–Trinajstić information content (AvgIpc) is 2.62. The summed E-state index contributed by atoms with van der Waals surface area (Å²) < 4.78 is 34.0. The number of benzene rings is 3. The Hall–Kier alpha value is -1.67. The van der Waals surface area contributed by atoms with Gasteiger partial charge in [-0.2, -0.15) is 8.42 Å². The number of phenolic OH excluding ortho intramolecular Hbond substituents is 2. The minimum absolute atomic E-state index is 0.0384. The third-order valence-corrected chi connectivity index (χ3v) is 7.25. The molecule has 0 saturated carbocycles. The summed E-state index contributed by atoms with van der Waals surface area (Å²) in [5.74, 6) is -0.831. The molecule has 0 saturated heterocycles. The van der Waals surface area contributed by atoms with Crippen LogP contribution in [-0.4, -0.2) is 23.2 Å². The molecular formula is C19H12Cl4O5S. The molecule has 0 spiro atoms. The lowest BCUT2D eigenvalue weighted by atomic mass is 9.83. The van der Waals surface area contributed by atoms with Gasteiger partial charge in [0.05, 0.1) is 15.1 Å². The van der Waals surface area contributed by atoms with Crippen LogP contribution in [0.25, 0.3) is 0 Å². The van der Waals surface area contributed by atoms with Gasteiger partial charge < -0.3 is 10.2 Å². The Kier molecular flexibility index (Phi) is 5.98. The zero-order chi connectivity index (χ0) is 21.6. The summed E-state index contributed by atoms with van der Waals surface area (Å²) in [7, 11) is -5.11. The SMILES string of the molecule is O=S(=O)(O)C(c1cccc(Cl)c1)(c1cccc(O)c1Cl)c1cc(O)cc(Cl)c1Cl. The molecule has 152 valence electrons. The minimum atomic E-state index is -5.11. The van der Waals surface area contributed by atoms with Crippen LogP contribution < -0.4 is 0 Å². The molecule has 1 unspecified atom stereocenters. The maximum Gasteiger partial charge on any atom is 0.283 e. The number of halogens is 4. The van der Waals surface area contributed by atoms with Crippen molar-refractivity contribution < 1.29 is 23.2 Å². The minimum Gasteiger partial charge on any atom is -0.508 e. The van der Waals surface area contributed by atoms with Crippen LogP contribution in [0.4, 0.5) is 0 Å². The molecule has 0 aliphatic carbocycles. The molecule has 10 heteroatoms. The first kappa shape index (κ1) is 22.0. The van der Waals surface area contributed by atoms with Crippen molar-refractivity contribution in [2.24, 2.45) is 0 Å². The van der Waals surface area contributed by atoms with Crippen molar-refractivity contribution in [3.63, 3.8) is 0 Å². The van der Waals surface area contributed by atoms with E-state index in [9.17, 15) is 23.2 Å². The largest absolute Gasteiger partial charge is 0.508 e. The molecule has 0 aromatic heterocycles. The van der Waals surface area contributed by atoms with Gasteiger partial charge in [0.1, 0.15) is 11.5 Å². The highest BCUT2D eigenvalue weighted by Crippen LogP contribution is 2.52. The molecule has 5 nitrogen and oxygen atoms in total. The zero-order valence-electron chi connectivity index (χ0n) is 14.3. The van der Waals surface area contributed by atoms with Crippen LogP contribution in [0.2, 0.25) is 20.1 Å². The quantitative estimate of drug-likeness (QED) is 0.311. The van der Waals surface area contributed by atoms with Crippen LogP contribution in [0.3, 0.4) is 0 Å². The van der Waals surface area contributed by atoms with E-state index in [1.54, 1.807) is 0 Å². The summed E-state index contributed by atoms with van der Waals surface area (Å²) in [6.45, 7) is 0. The van der Waals surface area contributed by atoms with Gasteiger partial charge in [0, 0.05) is 22.2 Å². The number of rotatable bonds is 4. The van der Waals surface area contributed by atoms with E-state index in [1.165, 1.54) is 42.5 Å². The Bertz CT molecular complexity index is 1210. The van der Waals surface area contributed by atoms with Gasteiger partial charge >= 0.3 is 0 Å². The Morgan fingerprint density at radius 2 is 1.45 bits per heavy atom. The van der Waals surface area contributed by atoms with Crippen LogP contribution in [0.5, 0.6) is 11.5 Å². The van der Waals surface area contributed by atoms with E-state index in [2.05, 4.69) is 0 Å². The second kappa shape index (κ2) is 7.87. The van der Waals surface area contributed by atoms with Crippen molar-refractivity contribution in [1.82, 2.24) is 0 Å². The van der Waals surface area contributed by atoms with Crippen LogP contribution >= 0.6 is 46.4 Å². The number of hydrogen-bond donors (Lipinski definition) is 3. The third-order valence-electron chi connectivity index (χ3n) is 4.37. The predicted molar refractivity (Wildman–Crippen MR) is 114 cm³/mol. The van der Waals surface area contributed by atoms with E-state index in [-0.39, 0.29) is 36.8 Å². The Labute approximate surface area is 186 Å². The smallest absolute Gasteiger partial charge is 0.283 e. The van der Waals surface area contributed by atoms with E-state index >= 15 is 0 Å². The maximum absolute atomic E-state index is 13.0. The van der Waals surface area contributed by atoms with Crippen molar-refractivity contribution in [2.45, 2.75) is 4.75 Å². The Morgan fingerprint density at radius 3 is 2.07 bits per heavy atom. The number of hydrogen-bond acceptors (Lipinski definition) is 4. The first-order valence-corrected chi connectivity index (χ1v) is 10.8. The fourth-order valence-corrected chi connectivity index (χ4v) is 5.56. The lowest BCUT2D eigenvalue weighted by molar-refractivity contribution is 0.455. The first-order chi connectivity index (χ1) is 13.5. The predicted octanol–water partition coefficient (Wildman–Crippen LogP) is 5.89. The molecule has 0 fully saturated rings. The molecule has 0 heterocycles. The molecule has 0 radical (unpaired) electrons. The van der Waals surface area contributed by atoms with E-state index in [0.717, 1.165) is 12.1 Å². The van der Waals surface area contributed by atoms with Gasteiger partial charge in [-0.15, -0.1) is 0 Å². The van der Waals surface area contributed by atoms with Gasteiger partial charge in [-0.3, -0.25) is 4.55 Å². The molecule has 29 heavy (non-hydrogen) atoms. The van der Waals surface area contributed by atoms with E-state index in [0.29, 0.717) is 0 Å². The Morgan fingerprint density at radius 1 is 0.793 bits per heavy atom. The normalized spacial score (nSPS) is 13.8. The maximum atomic E-state index is 13.0. The van der Waals surface area contributed by atoms with Crippen molar-refractivity contribution in [2.75, 3.05) is 0 Å². The highest BCUT2D eigenvalue weighted by atomic mass is 35.5. The van der Waals surface area contributed by atoms with Crippen molar-refractivity contribution in [3.05, 3.63) is 91.4 Å². The van der Waals surface area contributed by atoms with Crippen LogP contribution in [0, 0.1) is 0 Å². The highest BCUT2D eigenvalue weighted by Gasteiger charge is 2.51. The van der Waals surface area contributed by atoms with Gasteiger partial charge in [-0.05, 0) is 29.8 Å². The van der Waals surface area contributed by atoms with Gasteiger partial charge in [-0.25, -0.2) is 0 Å². The van der Waals surface area contributed by atoms with E-state index in [4.69, 9.17) is 46.4 Å². The third kappa shape index (κ3) is 3.65. The number of phenols is 2. The monoisotopic (exact) mass is 492 g/mol. The van der Waals surface area contributed by atoms with Crippen LogP contribution in [-0.2, 0) is 14.9 Å². The lowest BCUT2D eigenvalue weighted by Gasteiger charge is -2.34. The first-order valence-electron chi connectivity index (χ1n) is 7.89. The van der Waals surface area contributed by atoms with E-state index in [1.807, 2.05) is 0 Å². The highest BCUT2D eigenvalue weighted by molar-refractivity contribution is 7.87. The lowest BCUT2D eigenvalue weighted by Crippen LogP contribution is -2.39. The zero-order valence-corrected chi connectivity index (χ0v) is 18.1. The summed E-state index contributed by atoms with van der Waals surface area (Å²) in [6, 6.07) is 11.7. The summed E-state index contributed by atoms with van der Waals surface area (Å²) in [6.07, 6.45) is 0. The molecule has 0 bridgehead atoms. The summed E-state index contributed by atoms with van der Waals surface area (Å²) >= 11 is 24.7. The summed E-state index contributed by atoms with van der Waals surface area (Å²) in [4.78, 5) is 0. The molecule has 1 atom stereocenters. The summed E-state index contributed by atoms with van der Waals surface area (Å²) in [5, 5.41) is 19.6. The molecule has 3 rings (SSSR count). The molecule has 0 aliphatic rings. The number of aromatic hydroxyl groups is 2. The van der Waals surface area contributed by atoms with Gasteiger partial charge in [-0.1, -0.05) is 70.7 Å². The second-order valence-electron chi connectivity index (χ2n) is 6.09. The van der Waals surface area contributed by atoms with Gasteiger partial charge in [0.15, 0.2) is 4.75 Å². The second-order valence-corrected chi connectivity index (χ2v) is 9.26.